The minimum Gasteiger partial charge on any atom is -0.455 e. The number of rotatable bonds is 3. The first-order valence-electron chi connectivity index (χ1n) is 8.61. The number of fused-ring (bicyclic) bond motifs is 1. The number of halogens is 1. The number of benzene rings is 1. The summed E-state index contributed by atoms with van der Waals surface area (Å²) in [6.07, 6.45) is 6.10. The third kappa shape index (κ3) is 3.09. The first kappa shape index (κ1) is 17.1. The van der Waals surface area contributed by atoms with Crippen LogP contribution in [0.25, 0.3) is 11.3 Å². The van der Waals surface area contributed by atoms with Crippen molar-refractivity contribution >= 4 is 34.2 Å². The normalized spacial score (nSPS) is 13.7. The zero-order chi connectivity index (χ0) is 18.1. The lowest BCUT2D eigenvalue weighted by molar-refractivity contribution is 0.575. The zero-order valence-corrected chi connectivity index (χ0v) is 16.0. The van der Waals surface area contributed by atoms with E-state index in [-0.39, 0.29) is 0 Å². The molecule has 2 heterocycles. The van der Waals surface area contributed by atoms with Gasteiger partial charge >= 0.3 is 0 Å². The van der Waals surface area contributed by atoms with Crippen molar-refractivity contribution in [2.45, 2.75) is 32.6 Å². The van der Waals surface area contributed by atoms with E-state index in [0.717, 1.165) is 51.7 Å². The van der Waals surface area contributed by atoms with Gasteiger partial charge in [-0.1, -0.05) is 23.7 Å². The minimum absolute atomic E-state index is 0.662. The average Bonchev–Trinajstić information content (AvgIpc) is 3.26. The summed E-state index contributed by atoms with van der Waals surface area (Å²) in [5.74, 6) is 1.42. The highest BCUT2D eigenvalue weighted by Gasteiger charge is 2.20. The van der Waals surface area contributed by atoms with Crippen LogP contribution < -0.4 is 0 Å². The van der Waals surface area contributed by atoms with Crippen molar-refractivity contribution in [3.63, 3.8) is 0 Å². The van der Waals surface area contributed by atoms with Crippen LogP contribution in [-0.2, 0) is 12.8 Å². The highest BCUT2D eigenvalue weighted by atomic mass is 35.5. The van der Waals surface area contributed by atoms with Crippen molar-refractivity contribution in [3.8, 4) is 17.4 Å². The molecule has 1 aliphatic carbocycles. The summed E-state index contributed by atoms with van der Waals surface area (Å²) in [6, 6.07) is 11.9. The van der Waals surface area contributed by atoms with Crippen LogP contribution >= 0.6 is 22.9 Å². The fourth-order valence-electron chi connectivity index (χ4n) is 3.32. The maximum atomic E-state index is 9.52. The molecule has 0 aliphatic heterocycles. The van der Waals surface area contributed by atoms with Gasteiger partial charge in [0, 0.05) is 15.5 Å². The lowest BCUT2D eigenvalue weighted by Gasteiger charge is -2.09. The van der Waals surface area contributed by atoms with E-state index in [9.17, 15) is 5.26 Å². The molecule has 130 valence electrons. The number of nitrogens with zero attached hydrogens (tertiary/aromatic N) is 2. The molecule has 1 aliphatic rings. The van der Waals surface area contributed by atoms with E-state index in [4.69, 9.17) is 16.0 Å². The molecule has 5 heteroatoms. The van der Waals surface area contributed by atoms with Crippen molar-refractivity contribution in [2.75, 3.05) is 0 Å². The predicted molar refractivity (Wildman–Crippen MR) is 107 cm³/mol. The highest BCUT2D eigenvalue weighted by Crippen LogP contribution is 2.39. The van der Waals surface area contributed by atoms with Crippen molar-refractivity contribution < 1.29 is 4.42 Å². The molecule has 1 aromatic carbocycles. The summed E-state index contributed by atoms with van der Waals surface area (Å²) < 4.78 is 5.92. The quantitative estimate of drug-likeness (QED) is 0.489. The van der Waals surface area contributed by atoms with Gasteiger partial charge < -0.3 is 4.42 Å². The van der Waals surface area contributed by atoms with Gasteiger partial charge in [-0.25, -0.2) is 4.99 Å². The molecule has 0 saturated carbocycles. The van der Waals surface area contributed by atoms with Crippen molar-refractivity contribution in [1.82, 2.24) is 0 Å². The van der Waals surface area contributed by atoms with Crippen LogP contribution in [0.15, 0.2) is 39.7 Å². The van der Waals surface area contributed by atoms with Crippen molar-refractivity contribution in [3.05, 3.63) is 62.7 Å². The minimum atomic E-state index is 0.662. The molecule has 4 rings (SSSR count). The molecule has 0 atom stereocenters. The molecular formula is C21H17ClN2OS. The van der Waals surface area contributed by atoms with E-state index in [1.165, 1.54) is 16.9 Å². The zero-order valence-electron chi connectivity index (χ0n) is 14.4. The summed E-state index contributed by atoms with van der Waals surface area (Å²) >= 11 is 7.83. The van der Waals surface area contributed by atoms with Gasteiger partial charge in [-0.2, -0.15) is 5.26 Å². The third-order valence-corrected chi connectivity index (χ3v) is 6.34. The van der Waals surface area contributed by atoms with Gasteiger partial charge in [0.15, 0.2) is 0 Å². The lowest BCUT2D eigenvalue weighted by Crippen LogP contribution is -1.99. The maximum absolute atomic E-state index is 9.52. The Labute approximate surface area is 161 Å². The molecule has 3 nitrogen and oxygen atoms in total. The van der Waals surface area contributed by atoms with Gasteiger partial charge in [-0.3, -0.25) is 0 Å². The fourth-order valence-corrected chi connectivity index (χ4v) is 4.68. The Morgan fingerprint density at radius 2 is 2.08 bits per heavy atom. The number of thiophene rings is 1. The second-order valence-corrected chi connectivity index (χ2v) is 7.87. The number of aliphatic imine (C=N–C) groups is 1. The Hall–Kier alpha value is -2.35. The fraction of sp³-hybridized carbons (Fsp3) is 0.238. The summed E-state index contributed by atoms with van der Waals surface area (Å²) in [5, 5.41) is 11.0. The molecule has 0 spiro atoms. The number of hydrogen-bond acceptors (Lipinski definition) is 4. The first-order chi connectivity index (χ1) is 12.7. The van der Waals surface area contributed by atoms with Crippen molar-refractivity contribution in [2.24, 2.45) is 4.99 Å². The molecule has 0 amide bonds. The van der Waals surface area contributed by atoms with Gasteiger partial charge in [-0.05, 0) is 61.9 Å². The van der Waals surface area contributed by atoms with E-state index in [1.54, 1.807) is 17.6 Å². The van der Waals surface area contributed by atoms with E-state index >= 15 is 0 Å². The Morgan fingerprint density at radius 1 is 1.23 bits per heavy atom. The van der Waals surface area contributed by atoms with E-state index in [0.29, 0.717) is 5.76 Å². The summed E-state index contributed by atoms with van der Waals surface area (Å²) in [6.45, 7) is 1.98. The van der Waals surface area contributed by atoms with Gasteiger partial charge in [0.05, 0.1) is 11.8 Å². The van der Waals surface area contributed by atoms with Crippen LogP contribution in [0.4, 0.5) is 5.00 Å². The van der Waals surface area contributed by atoms with Crippen LogP contribution in [-0.4, -0.2) is 6.21 Å². The monoisotopic (exact) mass is 380 g/mol. The molecule has 0 bridgehead atoms. The predicted octanol–water partition coefficient (Wildman–Crippen LogP) is 6.47. The van der Waals surface area contributed by atoms with Crippen LogP contribution in [0.5, 0.6) is 0 Å². The van der Waals surface area contributed by atoms with Crippen LogP contribution in [0.1, 0.15) is 40.2 Å². The SMILES string of the molecule is Cc1c(Cl)cccc1-c1ccc(/C=N/c2sc3c(c2C#N)CCCC3)o1. The average molecular weight is 381 g/mol. The number of hydrogen-bond donors (Lipinski definition) is 0. The largest absolute Gasteiger partial charge is 0.455 e. The second-order valence-electron chi connectivity index (χ2n) is 6.38. The van der Waals surface area contributed by atoms with Crippen molar-refractivity contribution in [1.29, 1.82) is 5.26 Å². The number of furan rings is 1. The molecule has 0 saturated heterocycles. The molecule has 0 fully saturated rings. The molecule has 2 aromatic heterocycles. The van der Waals surface area contributed by atoms with E-state index in [1.807, 2.05) is 37.3 Å². The maximum Gasteiger partial charge on any atom is 0.145 e. The Morgan fingerprint density at radius 3 is 2.92 bits per heavy atom. The summed E-state index contributed by atoms with van der Waals surface area (Å²) in [5.41, 5.74) is 3.90. The molecule has 0 radical (unpaired) electrons. The molecule has 3 aromatic rings. The van der Waals surface area contributed by atoms with Crippen LogP contribution in [0.2, 0.25) is 5.02 Å². The summed E-state index contributed by atoms with van der Waals surface area (Å²) in [7, 11) is 0. The third-order valence-electron chi connectivity index (χ3n) is 4.73. The topological polar surface area (TPSA) is 49.3 Å². The number of aryl methyl sites for hydroxylation is 1. The van der Waals surface area contributed by atoms with Gasteiger partial charge in [0.25, 0.3) is 0 Å². The van der Waals surface area contributed by atoms with Crippen LogP contribution in [0.3, 0.4) is 0 Å². The second kappa shape index (κ2) is 7.11. The Kier molecular flexibility index (Phi) is 4.67. The first-order valence-corrected chi connectivity index (χ1v) is 9.81. The molecular weight excluding hydrogens is 364 g/mol. The molecule has 0 N–H and O–H groups in total. The van der Waals surface area contributed by atoms with E-state index in [2.05, 4.69) is 11.1 Å². The lowest BCUT2D eigenvalue weighted by atomic mass is 9.96. The number of nitriles is 1. The van der Waals surface area contributed by atoms with Gasteiger partial charge in [0.2, 0.25) is 0 Å². The molecule has 0 unspecified atom stereocenters. The van der Waals surface area contributed by atoms with E-state index < -0.39 is 0 Å². The van der Waals surface area contributed by atoms with Crippen LogP contribution in [0, 0.1) is 18.3 Å². The Bertz CT molecular complexity index is 1040. The highest BCUT2D eigenvalue weighted by molar-refractivity contribution is 7.16. The molecule has 26 heavy (non-hydrogen) atoms. The standard InChI is InChI=1S/C21H17ClN2OS/c1-13-15(6-4-7-18(13)22)19-10-9-14(25-19)12-24-21-17(11-23)16-5-2-3-8-20(16)26-21/h4,6-7,9-10,12H,2-3,5,8H2,1H3/b24-12+. The van der Waals surface area contributed by atoms with Gasteiger partial charge in [-0.15, -0.1) is 11.3 Å². The van der Waals surface area contributed by atoms with Gasteiger partial charge in [0.1, 0.15) is 22.6 Å². The Balaban J connectivity index is 1.63. The summed E-state index contributed by atoms with van der Waals surface area (Å²) in [4.78, 5) is 5.86. The smallest absolute Gasteiger partial charge is 0.145 e.